The minimum absolute atomic E-state index is 0.0285. The zero-order valence-corrected chi connectivity index (χ0v) is 13.7. The summed E-state index contributed by atoms with van der Waals surface area (Å²) in [4.78, 5) is 25.0. The molecule has 0 spiro atoms. The molecule has 0 unspecified atom stereocenters. The summed E-state index contributed by atoms with van der Waals surface area (Å²) in [7, 11) is 0. The van der Waals surface area contributed by atoms with E-state index in [2.05, 4.69) is 10.6 Å². The molecule has 2 N–H and O–H groups in total. The van der Waals surface area contributed by atoms with Crippen molar-refractivity contribution < 1.29 is 14.0 Å². The molecule has 0 radical (unpaired) electrons. The summed E-state index contributed by atoms with van der Waals surface area (Å²) in [5.41, 5.74) is 1.54. The van der Waals surface area contributed by atoms with E-state index in [1.165, 1.54) is 11.0 Å². The molecule has 3 rings (SSSR count). The van der Waals surface area contributed by atoms with Gasteiger partial charge in [0.05, 0.1) is 6.54 Å². The number of carbonyl (C=O) groups is 2. The van der Waals surface area contributed by atoms with Crippen molar-refractivity contribution in [2.24, 2.45) is 0 Å². The summed E-state index contributed by atoms with van der Waals surface area (Å²) in [6.45, 7) is 0.799. The highest BCUT2D eigenvalue weighted by Gasteiger charge is 2.26. The Labute approximate surface area is 145 Å². The average molecular weight is 341 g/mol. The molecule has 1 fully saturated rings. The second-order valence-electron chi connectivity index (χ2n) is 5.92. The topological polar surface area (TPSA) is 61.4 Å². The fourth-order valence-corrected chi connectivity index (χ4v) is 2.92. The Morgan fingerprint density at radius 2 is 1.88 bits per heavy atom. The van der Waals surface area contributed by atoms with E-state index in [-0.39, 0.29) is 30.3 Å². The highest BCUT2D eigenvalue weighted by atomic mass is 19.1. The molecule has 0 saturated carbocycles. The first kappa shape index (κ1) is 17.1. The van der Waals surface area contributed by atoms with Crippen molar-refractivity contribution in [3.63, 3.8) is 0 Å². The standard InChI is InChI=1S/C19H20FN3O2/c20-16-9-5-4-8-15(16)17(12-14-6-2-1-3-7-14)22-13-18(24)23-11-10-21-19(23)25/h1-9,17,22H,10-13H2,(H,21,25)/t17-/m0/s1. The Hall–Kier alpha value is -2.73. The fourth-order valence-electron chi connectivity index (χ4n) is 2.92. The minimum atomic E-state index is -0.377. The van der Waals surface area contributed by atoms with E-state index < -0.39 is 0 Å². The number of nitrogens with zero attached hydrogens (tertiary/aromatic N) is 1. The van der Waals surface area contributed by atoms with Gasteiger partial charge in [0.25, 0.3) is 0 Å². The monoisotopic (exact) mass is 341 g/mol. The summed E-state index contributed by atoms with van der Waals surface area (Å²) in [6.07, 6.45) is 0.543. The second kappa shape index (κ2) is 7.90. The zero-order chi connectivity index (χ0) is 17.6. The van der Waals surface area contributed by atoms with Gasteiger partial charge in [-0.05, 0) is 18.1 Å². The van der Waals surface area contributed by atoms with Gasteiger partial charge in [-0.1, -0.05) is 48.5 Å². The molecular formula is C19H20FN3O2. The molecular weight excluding hydrogens is 321 g/mol. The highest BCUT2D eigenvalue weighted by molar-refractivity contribution is 5.96. The largest absolute Gasteiger partial charge is 0.336 e. The van der Waals surface area contributed by atoms with Crippen molar-refractivity contribution in [1.29, 1.82) is 0 Å². The predicted octanol–water partition coefficient (Wildman–Crippen LogP) is 2.25. The fraction of sp³-hybridized carbons (Fsp3) is 0.263. The van der Waals surface area contributed by atoms with E-state index in [1.807, 2.05) is 30.3 Å². The molecule has 0 bridgehead atoms. The zero-order valence-electron chi connectivity index (χ0n) is 13.7. The molecule has 0 aromatic heterocycles. The third-order valence-electron chi connectivity index (χ3n) is 4.22. The molecule has 1 atom stereocenters. The number of imide groups is 1. The Kier molecular flexibility index (Phi) is 5.40. The first-order chi connectivity index (χ1) is 12.1. The van der Waals surface area contributed by atoms with Gasteiger partial charge in [-0.25, -0.2) is 9.18 Å². The van der Waals surface area contributed by atoms with E-state index in [0.717, 1.165) is 5.56 Å². The van der Waals surface area contributed by atoms with Crippen LogP contribution in [0.15, 0.2) is 54.6 Å². The van der Waals surface area contributed by atoms with Gasteiger partial charge in [0.1, 0.15) is 5.82 Å². The molecule has 1 aliphatic rings. The SMILES string of the molecule is O=C(CN[C@@H](Cc1ccccc1)c1ccccc1F)N1CCNC1=O. The number of hydrogen-bond acceptors (Lipinski definition) is 3. The third-order valence-corrected chi connectivity index (χ3v) is 4.22. The first-order valence-electron chi connectivity index (χ1n) is 8.25. The lowest BCUT2D eigenvalue weighted by molar-refractivity contribution is -0.126. The van der Waals surface area contributed by atoms with Crippen LogP contribution in [-0.4, -0.2) is 36.5 Å². The number of urea groups is 1. The number of nitrogens with one attached hydrogen (secondary N) is 2. The molecule has 0 aliphatic carbocycles. The first-order valence-corrected chi connectivity index (χ1v) is 8.25. The van der Waals surface area contributed by atoms with E-state index in [0.29, 0.717) is 25.1 Å². The van der Waals surface area contributed by atoms with Gasteiger partial charge in [-0.2, -0.15) is 0 Å². The number of amides is 3. The molecule has 2 aromatic rings. The van der Waals surface area contributed by atoms with E-state index in [1.54, 1.807) is 18.2 Å². The molecule has 3 amide bonds. The van der Waals surface area contributed by atoms with Crippen LogP contribution in [0.2, 0.25) is 0 Å². The van der Waals surface area contributed by atoms with Crippen LogP contribution in [0.5, 0.6) is 0 Å². The van der Waals surface area contributed by atoms with Crippen LogP contribution in [0.25, 0.3) is 0 Å². The molecule has 1 saturated heterocycles. The van der Waals surface area contributed by atoms with E-state index in [9.17, 15) is 14.0 Å². The van der Waals surface area contributed by atoms with Crippen molar-refractivity contribution in [3.05, 3.63) is 71.5 Å². The quantitative estimate of drug-likeness (QED) is 0.847. The summed E-state index contributed by atoms with van der Waals surface area (Å²) in [5.74, 6) is -0.633. The second-order valence-corrected chi connectivity index (χ2v) is 5.92. The Bertz CT molecular complexity index is 751. The van der Waals surface area contributed by atoms with Crippen LogP contribution in [0.4, 0.5) is 9.18 Å². The van der Waals surface area contributed by atoms with Crippen LogP contribution in [0.3, 0.4) is 0 Å². The predicted molar refractivity (Wildman–Crippen MR) is 92.4 cm³/mol. The number of hydrogen-bond donors (Lipinski definition) is 2. The van der Waals surface area contributed by atoms with Gasteiger partial charge in [0.15, 0.2) is 0 Å². The third kappa shape index (κ3) is 4.22. The van der Waals surface area contributed by atoms with Crippen LogP contribution in [0, 0.1) is 5.82 Å². The molecule has 1 heterocycles. The summed E-state index contributed by atoms with van der Waals surface area (Å²) >= 11 is 0. The Morgan fingerprint density at radius 3 is 2.56 bits per heavy atom. The van der Waals surface area contributed by atoms with Gasteiger partial charge in [0, 0.05) is 24.7 Å². The number of carbonyl (C=O) groups excluding carboxylic acids is 2. The highest BCUT2D eigenvalue weighted by Crippen LogP contribution is 2.21. The van der Waals surface area contributed by atoms with Crippen molar-refractivity contribution in [3.8, 4) is 0 Å². The lowest BCUT2D eigenvalue weighted by Gasteiger charge is -2.21. The van der Waals surface area contributed by atoms with Crippen molar-refractivity contribution in [1.82, 2.24) is 15.5 Å². The molecule has 25 heavy (non-hydrogen) atoms. The van der Waals surface area contributed by atoms with Crippen LogP contribution in [-0.2, 0) is 11.2 Å². The van der Waals surface area contributed by atoms with Crippen molar-refractivity contribution >= 4 is 11.9 Å². The van der Waals surface area contributed by atoms with E-state index >= 15 is 0 Å². The summed E-state index contributed by atoms with van der Waals surface area (Å²) < 4.78 is 14.2. The molecule has 2 aromatic carbocycles. The number of benzene rings is 2. The Balaban J connectivity index is 1.73. The summed E-state index contributed by atoms with van der Waals surface area (Å²) in [5, 5.41) is 5.71. The van der Waals surface area contributed by atoms with Gasteiger partial charge < -0.3 is 10.6 Å². The average Bonchev–Trinajstić information content (AvgIpc) is 3.06. The van der Waals surface area contributed by atoms with Gasteiger partial charge in [-0.3, -0.25) is 9.69 Å². The van der Waals surface area contributed by atoms with Gasteiger partial charge in [-0.15, -0.1) is 0 Å². The number of halogens is 1. The Morgan fingerprint density at radius 1 is 1.16 bits per heavy atom. The molecule has 1 aliphatic heterocycles. The minimum Gasteiger partial charge on any atom is -0.336 e. The number of rotatable bonds is 6. The lowest BCUT2D eigenvalue weighted by Crippen LogP contribution is -2.41. The summed E-state index contributed by atoms with van der Waals surface area (Å²) in [6, 6.07) is 15.5. The maximum atomic E-state index is 14.2. The van der Waals surface area contributed by atoms with Crippen molar-refractivity contribution in [2.75, 3.05) is 19.6 Å². The van der Waals surface area contributed by atoms with E-state index in [4.69, 9.17) is 0 Å². The molecule has 5 nitrogen and oxygen atoms in total. The van der Waals surface area contributed by atoms with Gasteiger partial charge >= 0.3 is 6.03 Å². The maximum absolute atomic E-state index is 14.2. The molecule has 6 heteroatoms. The van der Waals surface area contributed by atoms with Crippen molar-refractivity contribution in [2.45, 2.75) is 12.5 Å². The lowest BCUT2D eigenvalue weighted by atomic mass is 9.98. The van der Waals surface area contributed by atoms with Gasteiger partial charge in [0.2, 0.25) is 5.91 Å². The van der Waals surface area contributed by atoms with Crippen LogP contribution < -0.4 is 10.6 Å². The maximum Gasteiger partial charge on any atom is 0.324 e. The normalized spacial score (nSPS) is 15.1. The smallest absolute Gasteiger partial charge is 0.324 e. The molecule has 130 valence electrons. The van der Waals surface area contributed by atoms with Crippen LogP contribution >= 0.6 is 0 Å². The van der Waals surface area contributed by atoms with Crippen LogP contribution in [0.1, 0.15) is 17.2 Å².